The number of amides is 2. The summed E-state index contributed by atoms with van der Waals surface area (Å²) >= 11 is 0. The van der Waals surface area contributed by atoms with Gasteiger partial charge in [-0.05, 0) is 51.3 Å². The number of urea groups is 1. The molecule has 0 fully saturated rings. The highest BCUT2D eigenvalue weighted by molar-refractivity contribution is 5.73. The van der Waals surface area contributed by atoms with Gasteiger partial charge in [0.1, 0.15) is 17.5 Å². The molecule has 0 unspecified atom stereocenters. The highest BCUT2D eigenvalue weighted by Crippen LogP contribution is 2.21. The van der Waals surface area contributed by atoms with Crippen LogP contribution >= 0.6 is 0 Å². The number of nitriles is 1. The van der Waals surface area contributed by atoms with E-state index < -0.39 is 0 Å². The van der Waals surface area contributed by atoms with Gasteiger partial charge >= 0.3 is 6.03 Å². The van der Waals surface area contributed by atoms with E-state index in [9.17, 15) is 10.1 Å². The molecule has 0 spiro atoms. The zero-order valence-electron chi connectivity index (χ0n) is 17.9. The molecule has 9 nitrogen and oxygen atoms in total. The molecule has 0 radical (unpaired) electrons. The van der Waals surface area contributed by atoms with Crippen LogP contribution in [0.25, 0.3) is 5.69 Å². The number of nitrogen functional groups attached to an aromatic ring is 1. The molecule has 2 aromatic heterocycles. The fourth-order valence-electron chi connectivity index (χ4n) is 3.39. The Kier molecular flexibility index (Phi) is 7.27. The largest absolute Gasteiger partial charge is 0.382 e. The van der Waals surface area contributed by atoms with Crippen molar-refractivity contribution in [2.24, 2.45) is 0 Å². The van der Waals surface area contributed by atoms with E-state index in [1.54, 1.807) is 4.68 Å². The molecular formula is C22H28N8O. The van der Waals surface area contributed by atoms with Crippen molar-refractivity contribution < 1.29 is 4.79 Å². The summed E-state index contributed by atoms with van der Waals surface area (Å²) < 4.78 is 3.53. The van der Waals surface area contributed by atoms with Crippen LogP contribution in [0.2, 0.25) is 0 Å². The third-order valence-corrected chi connectivity index (χ3v) is 4.92. The van der Waals surface area contributed by atoms with Gasteiger partial charge in [0.2, 0.25) is 0 Å². The van der Waals surface area contributed by atoms with Crippen LogP contribution in [0, 0.1) is 25.2 Å². The van der Waals surface area contributed by atoms with Crippen molar-refractivity contribution in [2.45, 2.75) is 39.7 Å². The predicted molar refractivity (Wildman–Crippen MR) is 119 cm³/mol. The summed E-state index contributed by atoms with van der Waals surface area (Å²) in [5.74, 6) is 0.331. The van der Waals surface area contributed by atoms with Gasteiger partial charge in [0.15, 0.2) is 0 Å². The lowest BCUT2D eigenvalue weighted by Crippen LogP contribution is -2.37. The third-order valence-electron chi connectivity index (χ3n) is 4.92. The Labute approximate surface area is 181 Å². The standard InChI is InChI=1S/C22H28N8O/c1-16-14-17(2)29(27-16)13-7-12-26-22(31)25-11-6-10-20-19(15-23)21(24)30(28-20)18-8-4-3-5-9-18/h3-5,8-9,14H,6-7,10-13,24H2,1-2H3,(H2,25,26,31). The molecule has 2 heterocycles. The molecule has 9 heteroatoms. The molecule has 0 aliphatic heterocycles. The average Bonchev–Trinajstić information content (AvgIpc) is 3.26. The number of aryl methyl sites for hydroxylation is 4. The lowest BCUT2D eigenvalue weighted by atomic mass is 10.1. The Balaban J connectivity index is 1.41. The zero-order chi connectivity index (χ0) is 22.2. The van der Waals surface area contributed by atoms with Crippen LogP contribution in [0.1, 0.15) is 35.5 Å². The van der Waals surface area contributed by atoms with E-state index >= 15 is 0 Å². The van der Waals surface area contributed by atoms with Crippen molar-refractivity contribution in [3.63, 3.8) is 0 Å². The van der Waals surface area contributed by atoms with Crippen LogP contribution in [0.5, 0.6) is 0 Å². The quantitative estimate of drug-likeness (QED) is 0.458. The molecule has 0 atom stereocenters. The van der Waals surface area contributed by atoms with E-state index in [1.165, 1.54) is 0 Å². The van der Waals surface area contributed by atoms with Gasteiger partial charge in [0.25, 0.3) is 0 Å². The zero-order valence-corrected chi connectivity index (χ0v) is 17.9. The van der Waals surface area contributed by atoms with Crippen LogP contribution in [0.15, 0.2) is 36.4 Å². The van der Waals surface area contributed by atoms with Crippen molar-refractivity contribution in [3.8, 4) is 11.8 Å². The number of hydrogen-bond acceptors (Lipinski definition) is 5. The number of nitrogens with two attached hydrogens (primary N) is 1. The maximum atomic E-state index is 12.0. The minimum absolute atomic E-state index is 0.205. The second kappa shape index (κ2) is 10.3. The first-order valence-electron chi connectivity index (χ1n) is 10.3. The van der Waals surface area contributed by atoms with Crippen LogP contribution in [0.4, 0.5) is 10.6 Å². The first-order valence-corrected chi connectivity index (χ1v) is 10.3. The molecular weight excluding hydrogens is 392 g/mol. The van der Waals surface area contributed by atoms with Gasteiger partial charge in [-0.2, -0.15) is 15.5 Å². The van der Waals surface area contributed by atoms with Crippen molar-refractivity contribution in [1.29, 1.82) is 5.26 Å². The first-order chi connectivity index (χ1) is 15.0. The Bertz CT molecular complexity index is 1060. The molecule has 162 valence electrons. The SMILES string of the molecule is Cc1cc(C)n(CCCNC(=O)NCCCc2nn(-c3ccccc3)c(N)c2C#N)n1. The maximum Gasteiger partial charge on any atom is 0.314 e. The summed E-state index contributed by atoms with van der Waals surface area (Å²) in [7, 11) is 0. The number of rotatable bonds is 9. The molecule has 0 saturated carbocycles. The van der Waals surface area contributed by atoms with Gasteiger partial charge in [0.05, 0.1) is 17.1 Å². The molecule has 0 bridgehead atoms. The van der Waals surface area contributed by atoms with Gasteiger partial charge in [0, 0.05) is 25.3 Å². The average molecular weight is 421 g/mol. The van der Waals surface area contributed by atoms with E-state index in [0.29, 0.717) is 43.0 Å². The van der Waals surface area contributed by atoms with Crippen molar-refractivity contribution >= 4 is 11.8 Å². The Morgan fingerprint density at radius 1 is 1.13 bits per heavy atom. The number of benzene rings is 1. The number of carbonyl (C=O) groups is 1. The second-order valence-corrected chi connectivity index (χ2v) is 7.36. The number of para-hydroxylation sites is 1. The monoisotopic (exact) mass is 420 g/mol. The summed E-state index contributed by atoms with van der Waals surface area (Å²) in [5, 5.41) is 24.0. The van der Waals surface area contributed by atoms with Crippen molar-refractivity contribution in [2.75, 3.05) is 18.8 Å². The Morgan fingerprint density at radius 3 is 2.48 bits per heavy atom. The highest BCUT2D eigenvalue weighted by atomic mass is 16.2. The van der Waals surface area contributed by atoms with E-state index in [1.807, 2.05) is 54.9 Å². The molecule has 3 rings (SSSR count). The summed E-state index contributed by atoms with van der Waals surface area (Å²) in [4.78, 5) is 12.0. The molecule has 0 aliphatic carbocycles. The van der Waals surface area contributed by atoms with E-state index in [-0.39, 0.29) is 6.03 Å². The van der Waals surface area contributed by atoms with Crippen molar-refractivity contribution in [1.82, 2.24) is 30.2 Å². The molecule has 3 aromatic rings. The lowest BCUT2D eigenvalue weighted by Gasteiger charge is -2.08. The van der Waals surface area contributed by atoms with E-state index in [2.05, 4.69) is 26.9 Å². The summed E-state index contributed by atoms with van der Waals surface area (Å²) in [6.45, 7) is 5.80. The van der Waals surface area contributed by atoms with Gasteiger partial charge < -0.3 is 16.4 Å². The second-order valence-electron chi connectivity index (χ2n) is 7.36. The van der Waals surface area contributed by atoms with Gasteiger partial charge in [-0.1, -0.05) is 18.2 Å². The normalized spacial score (nSPS) is 10.6. The molecule has 4 N–H and O–H groups in total. The van der Waals surface area contributed by atoms with Crippen LogP contribution in [-0.4, -0.2) is 38.7 Å². The third kappa shape index (κ3) is 5.63. The predicted octanol–water partition coefficient (Wildman–Crippen LogP) is 2.46. The van der Waals surface area contributed by atoms with Gasteiger partial charge in [-0.15, -0.1) is 0 Å². The smallest absolute Gasteiger partial charge is 0.314 e. The number of nitrogens with one attached hydrogen (secondary N) is 2. The van der Waals surface area contributed by atoms with E-state index in [0.717, 1.165) is 30.0 Å². The Hall–Kier alpha value is -3.80. The number of aromatic nitrogens is 4. The molecule has 1 aromatic carbocycles. The number of carbonyl (C=O) groups excluding carboxylic acids is 1. The minimum Gasteiger partial charge on any atom is -0.382 e. The van der Waals surface area contributed by atoms with Crippen LogP contribution in [-0.2, 0) is 13.0 Å². The Morgan fingerprint density at radius 2 is 1.84 bits per heavy atom. The first kappa shape index (κ1) is 21.9. The summed E-state index contributed by atoms with van der Waals surface area (Å²) in [6.07, 6.45) is 2.00. The topological polar surface area (TPSA) is 127 Å². The summed E-state index contributed by atoms with van der Waals surface area (Å²) in [6, 6.07) is 13.4. The number of anilines is 1. The fourth-order valence-corrected chi connectivity index (χ4v) is 3.39. The van der Waals surface area contributed by atoms with Crippen LogP contribution < -0.4 is 16.4 Å². The molecule has 2 amide bonds. The van der Waals surface area contributed by atoms with Crippen molar-refractivity contribution in [3.05, 3.63) is 59.0 Å². The van der Waals surface area contributed by atoms with Gasteiger partial charge in [-0.25, -0.2) is 9.48 Å². The van der Waals surface area contributed by atoms with Crippen LogP contribution in [0.3, 0.4) is 0 Å². The molecule has 31 heavy (non-hydrogen) atoms. The molecule has 0 aliphatic rings. The maximum absolute atomic E-state index is 12.0. The highest BCUT2D eigenvalue weighted by Gasteiger charge is 2.16. The minimum atomic E-state index is -0.205. The van der Waals surface area contributed by atoms with E-state index in [4.69, 9.17) is 5.73 Å². The number of nitrogens with zero attached hydrogens (tertiary/aromatic N) is 5. The summed E-state index contributed by atoms with van der Waals surface area (Å²) in [5.41, 5.74) is 10.1. The molecule has 0 saturated heterocycles. The lowest BCUT2D eigenvalue weighted by molar-refractivity contribution is 0.240. The number of hydrogen-bond donors (Lipinski definition) is 3. The van der Waals surface area contributed by atoms with Gasteiger partial charge in [-0.3, -0.25) is 4.68 Å². The fraction of sp³-hybridized carbons (Fsp3) is 0.364.